The summed E-state index contributed by atoms with van der Waals surface area (Å²) < 4.78 is 4.14. The molecule has 0 spiro atoms. The first-order chi connectivity index (χ1) is 13.8. The second-order valence-electron chi connectivity index (χ2n) is 6.85. The second kappa shape index (κ2) is 8.97. The molecule has 0 saturated heterocycles. The van der Waals surface area contributed by atoms with Crippen LogP contribution in [0.4, 0.5) is 5.69 Å². The third kappa shape index (κ3) is 4.62. The lowest BCUT2D eigenvalue weighted by Crippen LogP contribution is -2.18. The van der Waals surface area contributed by atoms with Gasteiger partial charge >= 0.3 is 0 Å². The minimum Gasteiger partial charge on any atom is -0.378 e. The van der Waals surface area contributed by atoms with Crippen LogP contribution in [0.3, 0.4) is 0 Å². The van der Waals surface area contributed by atoms with Crippen molar-refractivity contribution in [3.05, 3.63) is 80.0 Å². The summed E-state index contributed by atoms with van der Waals surface area (Å²) in [7, 11) is 3.88. The van der Waals surface area contributed by atoms with Gasteiger partial charge in [-0.15, -0.1) is 0 Å². The largest absolute Gasteiger partial charge is 0.378 e. The molecule has 0 aliphatic heterocycles. The molecule has 1 N–H and O–H groups in total. The number of hydrogen-bond donors (Lipinski definition) is 1. The minimum atomic E-state index is -0.247. The highest BCUT2D eigenvalue weighted by Crippen LogP contribution is 2.30. The Balaban J connectivity index is 1.82. The molecule has 3 aromatic rings. The van der Waals surface area contributed by atoms with Gasteiger partial charge in [-0.2, -0.15) is 5.10 Å². The molecule has 1 heterocycles. The van der Waals surface area contributed by atoms with Crippen molar-refractivity contribution in [3.63, 3.8) is 0 Å². The lowest BCUT2D eigenvalue weighted by molar-refractivity contribution is 0.0955. The third-order valence-electron chi connectivity index (χ3n) is 4.68. The summed E-state index contributed by atoms with van der Waals surface area (Å²) in [4.78, 5) is 14.4. The predicted octanol–water partition coefficient (Wildman–Crippen LogP) is 5.45. The molecule has 7 heteroatoms. The van der Waals surface area contributed by atoms with E-state index in [1.165, 1.54) is 0 Å². The maximum Gasteiger partial charge on any atom is 0.271 e. The van der Waals surface area contributed by atoms with Crippen LogP contribution in [-0.4, -0.2) is 30.8 Å². The van der Waals surface area contributed by atoms with Crippen LogP contribution in [0.2, 0.25) is 0 Å². The Morgan fingerprint density at radius 3 is 2.41 bits per heavy atom. The number of amides is 1. The van der Waals surface area contributed by atoms with E-state index in [0.29, 0.717) is 5.56 Å². The summed E-state index contributed by atoms with van der Waals surface area (Å²) in [6.07, 6.45) is 1.68. The molecule has 0 aliphatic carbocycles. The quantitative estimate of drug-likeness (QED) is 0.361. The summed E-state index contributed by atoms with van der Waals surface area (Å²) in [6, 6.07) is 15.5. The molecular weight excluding hydrogens is 496 g/mol. The van der Waals surface area contributed by atoms with Crippen molar-refractivity contribution in [2.45, 2.75) is 13.8 Å². The highest BCUT2D eigenvalue weighted by Gasteiger charge is 2.16. The number of carbonyl (C=O) groups excluding carboxylic acids is 1. The van der Waals surface area contributed by atoms with Gasteiger partial charge in [0.2, 0.25) is 0 Å². The van der Waals surface area contributed by atoms with Gasteiger partial charge in [0.15, 0.2) is 0 Å². The normalized spacial score (nSPS) is 11.1. The predicted molar refractivity (Wildman–Crippen MR) is 126 cm³/mol. The molecule has 0 fully saturated rings. The van der Waals surface area contributed by atoms with Crippen molar-refractivity contribution in [3.8, 4) is 5.69 Å². The zero-order valence-electron chi connectivity index (χ0n) is 16.7. The van der Waals surface area contributed by atoms with E-state index in [9.17, 15) is 4.79 Å². The van der Waals surface area contributed by atoms with Gasteiger partial charge in [0.1, 0.15) is 0 Å². The molecule has 1 amide bonds. The maximum atomic E-state index is 12.4. The van der Waals surface area contributed by atoms with Crippen LogP contribution in [0.5, 0.6) is 0 Å². The van der Waals surface area contributed by atoms with Gasteiger partial charge < -0.3 is 9.47 Å². The SMILES string of the molecule is Cc1c(Br)c(/C=N\NC(=O)c2cccc(N(C)C)c2)c(C)n1-c1ccc(Br)cc1. The second-order valence-corrected chi connectivity index (χ2v) is 8.56. The number of nitrogens with one attached hydrogen (secondary N) is 1. The number of hydrazone groups is 1. The molecule has 150 valence electrons. The van der Waals surface area contributed by atoms with Crippen molar-refractivity contribution < 1.29 is 4.79 Å². The highest BCUT2D eigenvalue weighted by molar-refractivity contribution is 9.10. The molecule has 29 heavy (non-hydrogen) atoms. The van der Waals surface area contributed by atoms with E-state index in [2.05, 4.69) is 59.1 Å². The number of anilines is 1. The third-order valence-corrected chi connectivity index (χ3v) is 6.21. The van der Waals surface area contributed by atoms with Crippen molar-refractivity contribution in [2.24, 2.45) is 5.10 Å². The number of carbonyl (C=O) groups is 1. The Labute approximate surface area is 187 Å². The fourth-order valence-corrected chi connectivity index (χ4v) is 3.93. The molecule has 0 atom stereocenters. The lowest BCUT2D eigenvalue weighted by Gasteiger charge is -2.12. The van der Waals surface area contributed by atoms with Gasteiger partial charge in [-0.1, -0.05) is 22.0 Å². The van der Waals surface area contributed by atoms with Crippen LogP contribution < -0.4 is 10.3 Å². The van der Waals surface area contributed by atoms with Crippen molar-refractivity contribution in [1.82, 2.24) is 9.99 Å². The molecular formula is C22H22Br2N4O. The van der Waals surface area contributed by atoms with Crippen molar-refractivity contribution >= 4 is 49.7 Å². The minimum absolute atomic E-state index is 0.247. The van der Waals surface area contributed by atoms with Crippen LogP contribution in [-0.2, 0) is 0 Å². The fraction of sp³-hybridized carbons (Fsp3) is 0.182. The lowest BCUT2D eigenvalue weighted by atomic mass is 10.2. The molecule has 0 unspecified atom stereocenters. The summed E-state index contributed by atoms with van der Waals surface area (Å²) in [5.41, 5.74) is 8.23. The number of aromatic nitrogens is 1. The van der Waals surface area contributed by atoms with Gasteiger partial charge in [-0.05, 0) is 72.2 Å². The molecule has 2 aromatic carbocycles. The molecule has 0 radical (unpaired) electrons. The van der Waals surface area contributed by atoms with Crippen LogP contribution in [0.15, 0.2) is 62.6 Å². The van der Waals surface area contributed by atoms with E-state index in [0.717, 1.165) is 37.3 Å². The van der Waals surface area contributed by atoms with Gasteiger partial charge in [0.05, 0.1) is 6.21 Å². The van der Waals surface area contributed by atoms with Gasteiger partial charge in [-0.3, -0.25) is 4.79 Å². The van der Waals surface area contributed by atoms with E-state index < -0.39 is 0 Å². The summed E-state index contributed by atoms with van der Waals surface area (Å²) in [5.74, 6) is -0.247. The van der Waals surface area contributed by atoms with E-state index >= 15 is 0 Å². The molecule has 0 saturated carbocycles. The van der Waals surface area contributed by atoms with E-state index in [1.807, 2.05) is 63.2 Å². The topological polar surface area (TPSA) is 49.6 Å². The summed E-state index contributed by atoms with van der Waals surface area (Å²) in [6.45, 7) is 4.07. The smallest absolute Gasteiger partial charge is 0.271 e. The van der Waals surface area contributed by atoms with Crippen LogP contribution in [0.1, 0.15) is 27.3 Å². The number of nitrogens with zero attached hydrogens (tertiary/aromatic N) is 3. The average Bonchev–Trinajstić information content (AvgIpc) is 2.92. The van der Waals surface area contributed by atoms with Crippen molar-refractivity contribution in [1.29, 1.82) is 0 Å². The Morgan fingerprint density at radius 1 is 1.07 bits per heavy atom. The van der Waals surface area contributed by atoms with Gasteiger partial charge in [0, 0.05) is 56.9 Å². The van der Waals surface area contributed by atoms with E-state index in [1.54, 1.807) is 12.3 Å². The Bertz CT molecular complexity index is 1070. The van der Waals surface area contributed by atoms with Crippen LogP contribution >= 0.6 is 31.9 Å². The number of halogens is 2. The first-order valence-corrected chi connectivity index (χ1v) is 10.6. The fourth-order valence-electron chi connectivity index (χ4n) is 3.10. The molecule has 0 bridgehead atoms. The molecule has 0 aliphatic rings. The Morgan fingerprint density at radius 2 is 1.76 bits per heavy atom. The molecule has 1 aromatic heterocycles. The maximum absolute atomic E-state index is 12.4. The average molecular weight is 518 g/mol. The zero-order valence-corrected chi connectivity index (χ0v) is 19.9. The summed E-state index contributed by atoms with van der Waals surface area (Å²) >= 11 is 7.13. The first-order valence-electron chi connectivity index (χ1n) is 9.03. The number of benzene rings is 2. The molecule has 3 rings (SSSR count). The standard InChI is InChI=1S/C22H22Br2N4O/c1-14-20(21(24)15(2)28(14)18-10-8-17(23)9-11-18)13-25-26-22(29)16-6-5-7-19(12-16)27(3)4/h5-13H,1-4H3,(H,26,29)/b25-13-. The van der Waals surface area contributed by atoms with Gasteiger partial charge in [0.25, 0.3) is 5.91 Å². The van der Waals surface area contributed by atoms with Crippen molar-refractivity contribution in [2.75, 3.05) is 19.0 Å². The summed E-state index contributed by atoms with van der Waals surface area (Å²) in [5, 5.41) is 4.19. The first kappa shape index (κ1) is 21.3. The Hall–Kier alpha value is -2.38. The zero-order chi connectivity index (χ0) is 21.1. The molecule has 5 nitrogen and oxygen atoms in total. The monoisotopic (exact) mass is 516 g/mol. The van der Waals surface area contributed by atoms with Crippen LogP contribution in [0, 0.1) is 13.8 Å². The highest BCUT2D eigenvalue weighted by atomic mass is 79.9. The van der Waals surface area contributed by atoms with Crippen LogP contribution in [0.25, 0.3) is 5.69 Å². The number of hydrogen-bond acceptors (Lipinski definition) is 3. The number of rotatable bonds is 5. The van der Waals surface area contributed by atoms with Gasteiger partial charge in [-0.25, -0.2) is 5.43 Å². The van der Waals surface area contributed by atoms with E-state index in [-0.39, 0.29) is 5.91 Å². The Kier molecular flexibility index (Phi) is 6.59. The van der Waals surface area contributed by atoms with E-state index in [4.69, 9.17) is 0 Å².